The molecule has 0 aliphatic heterocycles. The predicted molar refractivity (Wildman–Crippen MR) is 193 cm³/mol. The Morgan fingerprint density at radius 3 is 2.04 bits per heavy atom. The van der Waals surface area contributed by atoms with Crippen molar-refractivity contribution in [2.75, 3.05) is 23.7 Å². The fourth-order valence-electron chi connectivity index (χ4n) is 4.94. The van der Waals surface area contributed by atoms with Crippen molar-refractivity contribution in [3.05, 3.63) is 124 Å². The Labute approximate surface area is 292 Å². The van der Waals surface area contributed by atoms with E-state index in [1.165, 1.54) is 28.8 Å². The van der Waals surface area contributed by atoms with Gasteiger partial charge in [-0.3, -0.25) is 13.9 Å². The molecule has 4 aromatic carbocycles. The van der Waals surface area contributed by atoms with Crippen LogP contribution in [0.15, 0.2) is 107 Å². The summed E-state index contributed by atoms with van der Waals surface area (Å²) in [5.74, 6) is -0.791. The zero-order valence-corrected chi connectivity index (χ0v) is 30.0. The van der Waals surface area contributed by atoms with Crippen molar-refractivity contribution in [2.24, 2.45) is 5.92 Å². The van der Waals surface area contributed by atoms with Crippen molar-refractivity contribution in [1.29, 1.82) is 0 Å². The number of amides is 2. The van der Waals surface area contributed by atoms with Crippen LogP contribution in [0.3, 0.4) is 0 Å². The molecule has 0 heterocycles. The maximum absolute atomic E-state index is 14.6. The topological polar surface area (TPSA) is 86.8 Å². The Kier molecular flexibility index (Phi) is 12.8. The summed E-state index contributed by atoms with van der Waals surface area (Å²) in [6.07, 6.45) is 2.09. The Bertz CT molecular complexity index is 1750. The molecule has 0 saturated carbocycles. The first-order valence-electron chi connectivity index (χ1n) is 15.2. The van der Waals surface area contributed by atoms with Crippen LogP contribution in [-0.2, 0) is 32.6 Å². The third-order valence-corrected chi connectivity index (χ3v) is 10.8. The Morgan fingerprint density at radius 1 is 0.851 bits per heavy atom. The number of nitrogens with one attached hydrogen (secondary N) is 1. The summed E-state index contributed by atoms with van der Waals surface area (Å²) in [4.78, 5) is 30.9. The molecule has 0 bridgehead atoms. The lowest BCUT2D eigenvalue weighted by atomic mass is 10.0. The van der Waals surface area contributed by atoms with Crippen LogP contribution < -0.4 is 9.62 Å². The first-order chi connectivity index (χ1) is 22.4. The second-order valence-corrected chi connectivity index (χ2v) is 15.1. The summed E-state index contributed by atoms with van der Waals surface area (Å²) in [7, 11) is -4.21. The largest absolute Gasteiger partial charge is 0.354 e. The number of nitrogens with zero attached hydrogens (tertiary/aromatic N) is 2. The molecule has 248 valence electrons. The molecule has 0 spiro atoms. The third-order valence-electron chi connectivity index (χ3n) is 7.59. The molecule has 4 aromatic rings. The minimum Gasteiger partial charge on any atom is -0.354 e. The summed E-state index contributed by atoms with van der Waals surface area (Å²) in [6, 6.07) is 26.8. The number of benzene rings is 4. The van der Waals surface area contributed by atoms with E-state index in [9.17, 15) is 18.0 Å². The summed E-state index contributed by atoms with van der Waals surface area (Å²) < 4.78 is 29.6. The van der Waals surface area contributed by atoms with Gasteiger partial charge in [0, 0.05) is 40.0 Å². The van der Waals surface area contributed by atoms with E-state index in [-0.39, 0.29) is 29.7 Å². The minimum absolute atomic E-state index is 0.0416. The Balaban J connectivity index is 1.83. The van der Waals surface area contributed by atoms with Crippen molar-refractivity contribution >= 4 is 62.5 Å². The summed E-state index contributed by atoms with van der Waals surface area (Å²) in [6.45, 7) is 5.57. The third kappa shape index (κ3) is 9.54. The average Bonchev–Trinajstić information content (AvgIpc) is 3.06. The molecule has 7 nitrogen and oxygen atoms in total. The highest BCUT2D eigenvalue weighted by Crippen LogP contribution is 2.29. The summed E-state index contributed by atoms with van der Waals surface area (Å²) >= 11 is 14.7. The molecule has 4 rings (SSSR count). The molecule has 1 N–H and O–H groups in total. The van der Waals surface area contributed by atoms with Gasteiger partial charge in [-0.2, -0.15) is 0 Å². The van der Waals surface area contributed by atoms with E-state index in [0.29, 0.717) is 27.8 Å². The minimum atomic E-state index is -4.21. The van der Waals surface area contributed by atoms with Crippen LogP contribution in [0.2, 0.25) is 10.0 Å². The number of hydrogen-bond acceptors (Lipinski definition) is 5. The van der Waals surface area contributed by atoms with Gasteiger partial charge in [0.2, 0.25) is 11.8 Å². The lowest BCUT2D eigenvalue weighted by Crippen LogP contribution is -2.53. The van der Waals surface area contributed by atoms with Gasteiger partial charge in [-0.05, 0) is 73.2 Å². The van der Waals surface area contributed by atoms with Gasteiger partial charge in [-0.1, -0.05) is 91.1 Å². The van der Waals surface area contributed by atoms with Crippen molar-refractivity contribution in [3.63, 3.8) is 0 Å². The highest BCUT2D eigenvalue weighted by atomic mass is 35.5. The number of sulfonamides is 1. The molecule has 0 aliphatic rings. The number of carbonyl (C=O) groups is 2. The number of anilines is 1. The first kappa shape index (κ1) is 36.3. The summed E-state index contributed by atoms with van der Waals surface area (Å²) in [5, 5.41) is 3.63. The molecular formula is C36H39Cl2N3O4S2. The molecule has 2 amide bonds. The van der Waals surface area contributed by atoms with Crippen LogP contribution in [-0.4, -0.2) is 50.5 Å². The van der Waals surface area contributed by atoms with Crippen LogP contribution in [0.25, 0.3) is 0 Å². The number of carbonyl (C=O) groups excluding carboxylic acids is 2. The van der Waals surface area contributed by atoms with Gasteiger partial charge in [0.25, 0.3) is 10.0 Å². The van der Waals surface area contributed by atoms with Gasteiger partial charge in [0.1, 0.15) is 12.6 Å². The average molecular weight is 713 g/mol. The Hall–Kier alpha value is -3.50. The van der Waals surface area contributed by atoms with E-state index < -0.39 is 28.5 Å². The highest BCUT2D eigenvalue weighted by molar-refractivity contribution is 7.98. The number of aryl methyl sites for hydroxylation is 1. The predicted octanol–water partition coefficient (Wildman–Crippen LogP) is 7.63. The maximum Gasteiger partial charge on any atom is 0.264 e. The van der Waals surface area contributed by atoms with Crippen LogP contribution in [0.4, 0.5) is 5.69 Å². The van der Waals surface area contributed by atoms with E-state index in [4.69, 9.17) is 23.2 Å². The van der Waals surface area contributed by atoms with Crippen molar-refractivity contribution in [3.8, 4) is 0 Å². The van der Waals surface area contributed by atoms with E-state index in [0.717, 1.165) is 20.3 Å². The molecular weight excluding hydrogens is 673 g/mol. The highest BCUT2D eigenvalue weighted by Gasteiger charge is 2.35. The fraction of sp³-hybridized carbons (Fsp3) is 0.278. The molecule has 47 heavy (non-hydrogen) atoms. The quantitative estimate of drug-likeness (QED) is 0.136. The van der Waals surface area contributed by atoms with E-state index >= 15 is 0 Å². The van der Waals surface area contributed by atoms with Gasteiger partial charge in [0.05, 0.1) is 10.6 Å². The lowest BCUT2D eigenvalue weighted by Gasteiger charge is -2.34. The maximum atomic E-state index is 14.6. The van der Waals surface area contributed by atoms with Gasteiger partial charge in [-0.25, -0.2) is 8.42 Å². The molecule has 1 atom stereocenters. The van der Waals surface area contributed by atoms with Crippen molar-refractivity contribution < 1.29 is 18.0 Å². The SMILES string of the molecule is CSc1ccc(S(=O)(=O)N(CC(=O)N(Cc2c(Cl)cccc2Cl)C(Cc2ccccc2)C(=O)NCC(C)C)c2ccc(C)cc2)cc1. The van der Waals surface area contributed by atoms with Crippen molar-refractivity contribution in [2.45, 2.75) is 49.6 Å². The van der Waals surface area contributed by atoms with Gasteiger partial charge in [0.15, 0.2) is 0 Å². The standard InChI is InChI=1S/C36H39Cl2N3O4S2/c1-25(2)22-39-36(43)34(21-27-9-6-5-7-10-27)40(23-31-32(37)11-8-12-33(31)38)35(42)24-41(28-15-13-26(3)14-16-28)47(44,45)30-19-17-29(46-4)18-20-30/h5-20,25,34H,21-24H2,1-4H3,(H,39,43). The van der Waals surface area contributed by atoms with Crippen LogP contribution in [0.5, 0.6) is 0 Å². The zero-order valence-electron chi connectivity index (χ0n) is 26.8. The van der Waals surface area contributed by atoms with E-state index in [1.807, 2.05) is 57.4 Å². The number of rotatable bonds is 14. The fourth-order valence-corrected chi connectivity index (χ4v) is 7.28. The monoisotopic (exact) mass is 711 g/mol. The molecule has 0 aromatic heterocycles. The first-order valence-corrected chi connectivity index (χ1v) is 18.6. The van der Waals surface area contributed by atoms with E-state index in [1.54, 1.807) is 54.6 Å². The van der Waals surface area contributed by atoms with Gasteiger partial charge in [-0.15, -0.1) is 11.8 Å². The second kappa shape index (κ2) is 16.6. The van der Waals surface area contributed by atoms with Gasteiger partial charge >= 0.3 is 0 Å². The number of hydrogen-bond donors (Lipinski definition) is 1. The van der Waals surface area contributed by atoms with Crippen LogP contribution >= 0.6 is 35.0 Å². The smallest absolute Gasteiger partial charge is 0.264 e. The number of halogens is 2. The molecule has 0 saturated heterocycles. The Morgan fingerprint density at radius 2 is 1.47 bits per heavy atom. The molecule has 0 fully saturated rings. The summed E-state index contributed by atoms with van der Waals surface area (Å²) in [5.41, 5.74) is 2.53. The normalized spacial score (nSPS) is 12.1. The van der Waals surface area contributed by atoms with Gasteiger partial charge < -0.3 is 10.2 Å². The van der Waals surface area contributed by atoms with Crippen LogP contribution in [0, 0.1) is 12.8 Å². The molecule has 0 radical (unpaired) electrons. The van der Waals surface area contributed by atoms with Crippen LogP contribution in [0.1, 0.15) is 30.5 Å². The molecule has 11 heteroatoms. The van der Waals surface area contributed by atoms with Crippen molar-refractivity contribution in [1.82, 2.24) is 10.2 Å². The molecule has 1 unspecified atom stereocenters. The zero-order chi connectivity index (χ0) is 34.1. The lowest BCUT2D eigenvalue weighted by molar-refractivity contribution is -0.140. The second-order valence-electron chi connectivity index (χ2n) is 11.6. The molecule has 0 aliphatic carbocycles. The number of thioether (sulfide) groups is 1. The van der Waals surface area contributed by atoms with E-state index in [2.05, 4.69) is 5.32 Å².